The van der Waals surface area contributed by atoms with E-state index in [9.17, 15) is 4.79 Å². The monoisotopic (exact) mass is 253 g/mol. The van der Waals surface area contributed by atoms with Crippen LogP contribution >= 0.6 is 11.8 Å². The molecule has 17 heavy (non-hydrogen) atoms. The average molecular weight is 253 g/mol. The van der Waals surface area contributed by atoms with Gasteiger partial charge in [-0.15, -0.1) is 0 Å². The second-order valence-electron chi connectivity index (χ2n) is 4.54. The van der Waals surface area contributed by atoms with E-state index in [2.05, 4.69) is 16.9 Å². The van der Waals surface area contributed by atoms with Gasteiger partial charge in [-0.1, -0.05) is 31.5 Å². The van der Waals surface area contributed by atoms with Crippen molar-refractivity contribution in [2.75, 3.05) is 0 Å². The summed E-state index contributed by atoms with van der Waals surface area (Å²) >= 11 is 1.62. The highest BCUT2D eigenvalue weighted by Crippen LogP contribution is 2.31. The molecule has 0 aliphatic heterocycles. The Hall–Kier alpha value is -0.810. The maximum Gasteiger partial charge on any atom is 0.251 e. The van der Waals surface area contributed by atoms with Crippen LogP contribution in [0, 0.1) is 0 Å². The van der Waals surface area contributed by atoms with E-state index in [4.69, 9.17) is 5.73 Å². The first-order chi connectivity index (χ1) is 8.19. The summed E-state index contributed by atoms with van der Waals surface area (Å²) in [5, 5.41) is 1.12. The first-order valence-electron chi connectivity index (χ1n) is 6.21. The van der Waals surface area contributed by atoms with Crippen LogP contribution in [0.15, 0.2) is 16.0 Å². The van der Waals surface area contributed by atoms with Crippen LogP contribution in [-0.2, 0) is 6.42 Å². The van der Waals surface area contributed by atoms with E-state index in [1.807, 2.05) is 0 Å². The number of H-pyrrole nitrogens is 1. The molecule has 5 heteroatoms. The van der Waals surface area contributed by atoms with E-state index in [1.165, 1.54) is 6.42 Å². The number of aryl methyl sites for hydroxylation is 1. The van der Waals surface area contributed by atoms with Gasteiger partial charge < -0.3 is 10.7 Å². The van der Waals surface area contributed by atoms with Gasteiger partial charge in [0.1, 0.15) is 0 Å². The van der Waals surface area contributed by atoms with Crippen LogP contribution in [0.2, 0.25) is 0 Å². The summed E-state index contributed by atoms with van der Waals surface area (Å²) in [6, 6.07) is 1.82. The Morgan fingerprint density at radius 1 is 1.59 bits per heavy atom. The lowest BCUT2D eigenvalue weighted by Crippen LogP contribution is -2.27. The molecule has 2 unspecified atom stereocenters. The molecule has 0 bridgehead atoms. The molecule has 0 spiro atoms. The number of hydrogen-bond donors (Lipinski definition) is 2. The van der Waals surface area contributed by atoms with E-state index in [0.717, 1.165) is 36.5 Å². The molecule has 1 aromatic rings. The van der Waals surface area contributed by atoms with Gasteiger partial charge in [0.15, 0.2) is 5.16 Å². The second-order valence-corrected chi connectivity index (χ2v) is 5.77. The highest BCUT2D eigenvalue weighted by atomic mass is 32.2. The molecule has 4 nitrogen and oxygen atoms in total. The molecule has 1 fully saturated rings. The van der Waals surface area contributed by atoms with E-state index < -0.39 is 0 Å². The van der Waals surface area contributed by atoms with Gasteiger partial charge in [-0.2, -0.15) is 0 Å². The van der Waals surface area contributed by atoms with Gasteiger partial charge >= 0.3 is 0 Å². The Bertz CT molecular complexity index is 432. The van der Waals surface area contributed by atoms with Crippen LogP contribution in [0.4, 0.5) is 0 Å². The Morgan fingerprint density at radius 3 is 3.06 bits per heavy atom. The zero-order valence-corrected chi connectivity index (χ0v) is 10.9. The first-order valence-corrected chi connectivity index (χ1v) is 7.09. The number of nitrogens with two attached hydrogens (primary N) is 1. The highest BCUT2D eigenvalue weighted by molar-refractivity contribution is 7.99. The van der Waals surface area contributed by atoms with E-state index in [0.29, 0.717) is 5.25 Å². The summed E-state index contributed by atoms with van der Waals surface area (Å²) in [7, 11) is 0. The lowest BCUT2D eigenvalue weighted by molar-refractivity contribution is 0.712. The van der Waals surface area contributed by atoms with Crippen molar-refractivity contribution in [3.63, 3.8) is 0 Å². The lowest BCUT2D eigenvalue weighted by Gasteiger charge is -2.13. The fourth-order valence-corrected chi connectivity index (χ4v) is 3.38. The number of nitrogens with zero attached hydrogens (tertiary/aromatic N) is 1. The molecule has 2 atom stereocenters. The molecule has 0 aromatic carbocycles. The van der Waals surface area contributed by atoms with Crippen molar-refractivity contribution in [3.05, 3.63) is 22.1 Å². The summed E-state index contributed by atoms with van der Waals surface area (Å²) in [6.45, 7) is 2.09. The van der Waals surface area contributed by atoms with Crippen molar-refractivity contribution in [3.8, 4) is 0 Å². The van der Waals surface area contributed by atoms with Crippen molar-refractivity contribution >= 4 is 11.8 Å². The average Bonchev–Trinajstić information content (AvgIpc) is 2.64. The number of aromatic nitrogens is 2. The van der Waals surface area contributed by atoms with Crippen molar-refractivity contribution < 1.29 is 0 Å². The van der Waals surface area contributed by atoms with Crippen molar-refractivity contribution in [1.82, 2.24) is 9.97 Å². The van der Waals surface area contributed by atoms with Gasteiger partial charge in [0.2, 0.25) is 0 Å². The van der Waals surface area contributed by atoms with Crippen molar-refractivity contribution in [2.45, 2.75) is 55.5 Å². The Kier molecular flexibility index (Phi) is 4.23. The molecule has 2 rings (SSSR count). The van der Waals surface area contributed by atoms with Crippen LogP contribution < -0.4 is 11.3 Å². The third-order valence-electron chi connectivity index (χ3n) is 3.05. The molecule has 1 saturated carbocycles. The van der Waals surface area contributed by atoms with E-state index >= 15 is 0 Å². The van der Waals surface area contributed by atoms with Gasteiger partial charge in [-0.05, 0) is 19.3 Å². The summed E-state index contributed by atoms with van der Waals surface area (Å²) in [5.41, 5.74) is 6.84. The minimum absolute atomic E-state index is 0.0579. The number of nitrogens with one attached hydrogen (secondary N) is 1. The van der Waals surface area contributed by atoms with Crippen molar-refractivity contribution in [2.24, 2.45) is 5.73 Å². The summed E-state index contributed by atoms with van der Waals surface area (Å²) < 4.78 is 0. The molecule has 1 aromatic heterocycles. The Morgan fingerprint density at radius 2 is 2.41 bits per heavy atom. The largest absolute Gasteiger partial charge is 0.327 e. The highest BCUT2D eigenvalue weighted by Gasteiger charge is 2.25. The topological polar surface area (TPSA) is 71.8 Å². The molecular formula is C12H19N3OS. The van der Waals surface area contributed by atoms with Gasteiger partial charge in [0.05, 0.1) is 0 Å². The smallest absolute Gasteiger partial charge is 0.251 e. The molecule has 0 radical (unpaired) electrons. The molecular weight excluding hydrogens is 234 g/mol. The fraction of sp³-hybridized carbons (Fsp3) is 0.667. The number of aromatic amines is 1. The predicted octanol–water partition coefficient (Wildman–Crippen LogP) is 1.69. The second kappa shape index (κ2) is 5.69. The molecule has 3 N–H and O–H groups in total. The van der Waals surface area contributed by atoms with Crippen LogP contribution in [0.1, 0.15) is 38.3 Å². The van der Waals surface area contributed by atoms with Crippen LogP contribution in [0.5, 0.6) is 0 Å². The van der Waals surface area contributed by atoms with Gasteiger partial charge in [-0.3, -0.25) is 4.79 Å². The van der Waals surface area contributed by atoms with Crippen LogP contribution in [-0.4, -0.2) is 21.3 Å². The standard InChI is InChI=1S/C12H19N3OS/c1-2-4-8-7-11(16)15-12(14-8)17-10-6-3-5-9(10)13/h7,9-10H,2-6,13H2,1H3,(H,14,15,16). The minimum atomic E-state index is -0.0579. The fourth-order valence-electron chi connectivity index (χ4n) is 2.17. The lowest BCUT2D eigenvalue weighted by atomic mass is 10.2. The normalized spacial score (nSPS) is 24.1. The SMILES string of the molecule is CCCc1cc(=O)[nH]c(SC2CCCC2N)n1. The zero-order chi connectivity index (χ0) is 12.3. The van der Waals surface area contributed by atoms with Gasteiger partial charge in [0, 0.05) is 23.1 Å². The summed E-state index contributed by atoms with van der Waals surface area (Å²) in [4.78, 5) is 18.8. The minimum Gasteiger partial charge on any atom is -0.327 e. The van der Waals surface area contributed by atoms with Crippen LogP contribution in [0.25, 0.3) is 0 Å². The predicted molar refractivity (Wildman–Crippen MR) is 70.3 cm³/mol. The maximum atomic E-state index is 11.5. The summed E-state index contributed by atoms with van der Waals surface area (Å²) in [5.74, 6) is 0. The van der Waals surface area contributed by atoms with E-state index in [1.54, 1.807) is 17.8 Å². The molecule has 0 amide bonds. The number of rotatable bonds is 4. The molecule has 0 saturated heterocycles. The number of thioether (sulfide) groups is 1. The molecule has 1 aliphatic rings. The molecule has 1 aliphatic carbocycles. The third kappa shape index (κ3) is 3.33. The van der Waals surface area contributed by atoms with Gasteiger partial charge in [-0.25, -0.2) is 4.98 Å². The van der Waals surface area contributed by atoms with Crippen LogP contribution in [0.3, 0.4) is 0 Å². The Balaban J connectivity index is 2.12. The first kappa shape index (κ1) is 12.6. The van der Waals surface area contributed by atoms with Gasteiger partial charge in [0.25, 0.3) is 5.56 Å². The number of hydrogen-bond acceptors (Lipinski definition) is 4. The van der Waals surface area contributed by atoms with E-state index in [-0.39, 0.29) is 11.6 Å². The van der Waals surface area contributed by atoms with Crippen molar-refractivity contribution in [1.29, 1.82) is 0 Å². The molecule has 1 heterocycles. The maximum absolute atomic E-state index is 11.5. The molecule has 94 valence electrons. The third-order valence-corrected chi connectivity index (χ3v) is 4.35. The zero-order valence-electron chi connectivity index (χ0n) is 10.1. The Labute approximate surface area is 105 Å². The summed E-state index contributed by atoms with van der Waals surface area (Å²) in [6.07, 6.45) is 5.24. The quantitative estimate of drug-likeness (QED) is 0.801.